The summed E-state index contributed by atoms with van der Waals surface area (Å²) in [6.07, 6.45) is 7.28. The van der Waals surface area contributed by atoms with Gasteiger partial charge < -0.3 is 9.47 Å². The minimum atomic E-state index is -0.0741. The van der Waals surface area contributed by atoms with E-state index in [1.54, 1.807) is 7.11 Å². The van der Waals surface area contributed by atoms with Crippen molar-refractivity contribution in [3.05, 3.63) is 12.2 Å². The summed E-state index contributed by atoms with van der Waals surface area (Å²) in [6, 6.07) is 0. The molecule has 0 aliphatic heterocycles. The van der Waals surface area contributed by atoms with Crippen molar-refractivity contribution in [1.29, 1.82) is 0 Å². The fourth-order valence-electron chi connectivity index (χ4n) is 2.73. The van der Waals surface area contributed by atoms with Crippen molar-refractivity contribution in [3.8, 4) is 0 Å². The molecule has 14 heavy (non-hydrogen) atoms. The summed E-state index contributed by atoms with van der Waals surface area (Å²) in [5, 5.41) is 0. The molecule has 1 saturated carbocycles. The lowest BCUT2D eigenvalue weighted by Crippen LogP contribution is -2.30. The fourth-order valence-corrected chi connectivity index (χ4v) is 2.73. The standard InChI is InChI=1S/C12H20O2/c1-9(13-3)14-8-12(2)7-10-4-5-11(12)6-10/h4-5,9-11H,6-8H2,1-3H3. The minimum absolute atomic E-state index is 0.0741. The Balaban J connectivity index is 1.88. The van der Waals surface area contributed by atoms with E-state index in [0.29, 0.717) is 5.41 Å². The van der Waals surface area contributed by atoms with Crippen LogP contribution in [0.15, 0.2) is 12.2 Å². The van der Waals surface area contributed by atoms with Crippen LogP contribution < -0.4 is 0 Å². The average Bonchev–Trinajstić information content (AvgIpc) is 2.74. The van der Waals surface area contributed by atoms with Gasteiger partial charge in [-0.2, -0.15) is 0 Å². The van der Waals surface area contributed by atoms with Crippen LogP contribution in [-0.2, 0) is 9.47 Å². The molecule has 2 aliphatic carbocycles. The lowest BCUT2D eigenvalue weighted by Gasteiger charge is -2.32. The molecule has 0 heterocycles. The fraction of sp³-hybridized carbons (Fsp3) is 0.833. The van der Waals surface area contributed by atoms with Crippen molar-refractivity contribution in [2.24, 2.45) is 17.3 Å². The Hall–Kier alpha value is -0.340. The molecule has 0 aromatic rings. The summed E-state index contributed by atoms with van der Waals surface area (Å²) in [6.45, 7) is 5.11. The SMILES string of the molecule is COC(C)OCC1(C)CC2C=CC1C2. The number of fused-ring (bicyclic) bond motifs is 2. The number of ether oxygens (including phenoxy) is 2. The third kappa shape index (κ3) is 1.73. The molecular formula is C12H20O2. The largest absolute Gasteiger partial charge is 0.356 e. The molecule has 2 heteroatoms. The molecule has 2 bridgehead atoms. The van der Waals surface area contributed by atoms with E-state index in [-0.39, 0.29) is 6.29 Å². The highest BCUT2D eigenvalue weighted by Crippen LogP contribution is 2.51. The molecule has 0 N–H and O–H groups in total. The van der Waals surface area contributed by atoms with Gasteiger partial charge in [0.05, 0.1) is 6.61 Å². The highest BCUT2D eigenvalue weighted by Gasteiger charge is 2.45. The second-order valence-electron chi connectivity index (χ2n) is 4.96. The van der Waals surface area contributed by atoms with E-state index in [0.717, 1.165) is 18.4 Å². The number of allylic oxidation sites excluding steroid dienone is 2. The van der Waals surface area contributed by atoms with Crippen LogP contribution in [0, 0.1) is 17.3 Å². The van der Waals surface area contributed by atoms with Gasteiger partial charge in [-0.25, -0.2) is 0 Å². The second kappa shape index (κ2) is 3.67. The first-order valence-corrected chi connectivity index (χ1v) is 5.47. The number of methoxy groups -OCH3 is 1. The Labute approximate surface area is 86.3 Å². The van der Waals surface area contributed by atoms with Crippen molar-refractivity contribution in [3.63, 3.8) is 0 Å². The lowest BCUT2D eigenvalue weighted by molar-refractivity contribution is -0.135. The molecule has 0 aromatic carbocycles. The van der Waals surface area contributed by atoms with Crippen molar-refractivity contribution < 1.29 is 9.47 Å². The summed E-state index contributed by atoms with van der Waals surface area (Å²) in [5.74, 6) is 1.54. The summed E-state index contributed by atoms with van der Waals surface area (Å²) in [7, 11) is 1.69. The molecule has 1 fully saturated rings. The van der Waals surface area contributed by atoms with E-state index < -0.39 is 0 Å². The molecule has 0 radical (unpaired) electrons. The highest BCUT2D eigenvalue weighted by atomic mass is 16.7. The Kier molecular flexibility index (Phi) is 2.67. The van der Waals surface area contributed by atoms with Crippen molar-refractivity contribution in [2.75, 3.05) is 13.7 Å². The first-order valence-electron chi connectivity index (χ1n) is 5.47. The first kappa shape index (κ1) is 10.2. The summed E-state index contributed by atoms with van der Waals surface area (Å²) < 4.78 is 10.8. The molecule has 0 saturated heterocycles. The monoisotopic (exact) mass is 196 g/mol. The maximum Gasteiger partial charge on any atom is 0.154 e. The quantitative estimate of drug-likeness (QED) is 0.508. The number of hydrogen-bond donors (Lipinski definition) is 0. The Morgan fingerprint density at radius 2 is 2.29 bits per heavy atom. The van der Waals surface area contributed by atoms with Crippen molar-refractivity contribution >= 4 is 0 Å². The van der Waals surface area contributed by atoms with E-state index in [9.17, 15) is 0 Å². The number of rotatable bonds is 4. The van der Waals surface area contributed by atoms with Crippen LogP contribution >= 0.6 is 0 Å². The molecular weight excluding hydrogens is 176 g/mol. The van der Waals surface area contributed by atoms with Crippen LogP contribution in [0.2, 0.25) is 0 Å². The average molecular weight is 196 g/mol. The minimum Gasteiger partial charge on any atom is -0.356 e. The van der Waals surface area contributed by atoms with Crippen LogP contribution in [0.4, 0.5) is 0 Å². The Bertz CT molecular complexity index is 236. The van der Waals surface area contributed by atoms with E-state index in [1.165, 1.54) is 12.8 Å². The maximum atomic E-state index is 5.67. The van der Waals surface area contributed by atoms with Gasteiger partial charge in [0.1, 0.15) is 0 Å². The summed E-state index contributed by atoms with van der Waals surface area (Å²) in [4.78, 5) is 0. The van der Waals surface area contributed by atoms with Gasteiger partial charge in [0.15, 0.2) is 6.29 Å². The van der Waals surface area contributed by atoms with Crippen LogP contribution in [0.1, 0.15) is 26.7 Å². The summed E-state index contributed by atoms with van der Waals surface area (Å²) in [5.41, 5.74) is 0.353. The van der Waals surface area contributed by atoms with Gasteiger partial charge in [-0.05, 0) is 37.0 Å². The van der Waals surface area contributed by atoms with Crippen LogP contribution in [0.5, 0.6) is 0 Å². The third-order valence-electron chi connectivity index (χ3n) is 3.78. The summed E-state index contributed by atoms with van der Waals surface area (Å²) >= 11 is 0. The lowest BCUT2D eigenvalue weighted by atomic mass is 9.78. The third-order valence-corrected chi connectivity index (χ3v) is 3.78. The van der Waals surface area contributed by atoms with E-state index in [2.05, 4.69) is 19.1 Å². The number of hydrogen-bond acceptors (Lipinski definition) is 2. The molecule has 0 aromatic heterocycles. The smallest absolute Gasteiger partial charge is 0.154 e. The van der Waals surface area contributed by atoms with Gasteiger partial charge in [0, 0.05) is 7.11 Å². The topological polar surface area (TPSA) is 18.5 Å². The van der Waals surface area contributed by atoms with Crippen LogP contribution in [0.3, 0.4) is 0 Å². The molecule has 4 unspecified atom stereocenters. The van der Waals surface area contributed by atoms with Gasteiger partial charge in [-0.3, -0.25) is 0 Å². The second-order valence-corrected chi connectivity index (χ2v) is 4.96. The Morgan fingerprint density at radius 1 is 1.50 bits per heavy atom. The van der Waals surface area contributed by atoms with Crippen molar-refractivity contribution in [2.45, 2.75) is 33.0 Å². The molecule has 80 valence electrons. The van der Waals surface area contributed by atoms with E-state index in [1.807, 2.05) is 6.92 Å². The molecule has 2 rings (SSSR count). The zero-order chi connectivity index (χ0) is 10.2. The Morgan fingerprint density at radius 3 is 2.79 bits per heavy atom. The van der Waals surface area contributed by atoms with Crippen LogP contribution in [0.25, 0.3) is 0 Å². The first-order chi connectivity index (χ1) is 6.64. The van der Waals surface area contributed by atoms with E-state index >= 15 is 0 Å². The van der Waals surface area contributed by atoms with Gasteiger partial charge in [0.25, 0.3) is 0 Å². The molecule has 2 aliphatic rings. The van der Waals surface area contributed by atoms with Gasteiger partial charge in [-0.1, -0.05) is 19.1 Å². The van der Waals surface area contributed by atoms with Gasteiger partial charge in [-0.15, -0.1) is 0 Å². The zero-order valence-corrected chi connectivity index (χ0v) is 9.32. The normalized spacial score (nSPS) is 41.9. The van der Waals surface area contributed by atoms with Gasteiger partial charge in [0.2, 0.25) is 0 Å². The maximum absolute atomic E-state index is 5.67. The molecule has 0 amide bonds. The van der Waals surface area contributed by atoms with Crippen LogP contribution in [-0.4, -0.2) is 20.0 Å². The van der Waals surface area contributed by atoms with Gasteiger partial charge >= 0.3 is 0 Å². The zero-order valence-electron chi connectivity index (χ0n) is 9.32. The predicted octanol–water partition coefficient (Wildman–Crippen LogP) is 2.60. The molecule has 2 nitrogen and oxygen atoms in total. The van der Waals surface area contributed by atoms with Crippen molar-refractivity contribution in [1.82, 2.24) is 0 Å². The highest BCUT2D eigenvalue weighted by molar-refractivity contribution is 5.14. The van der Waals surface area contributed by atoms with E-state index in [4.69, 9.17) is 9.47 Å². The molecule has 4 atom stereocenters. The predicted molar refractivity (Wildman–Crippen MR) is 55.9 cm³/mol. The molecule has 0 spiro atoms.